The van der Waals surface area contributed by atoms with E-state index in [1.807, 2.05) is 99.3 Å². The van der Waals surface area contributed by atoms with Crippen molar-refractivity contribution in [1.82, 2.24) is 45.6 Å². The Kier molecular flexibility index (Phi) is 15.3. The van der Waals surface area contributed by atoms with E-state index in [1.165, 1.54) is 4.90 Å². The molecule has 6 heterocycles. The van der Waals surface area contributed by atoms with E-state index >= 15 is 0 Å². The number of thiazole rings is 1. The van der Waals surface area contributed by atoms with Crippen molar-refractivity contribution in [3.8, 4) is 21.3 Å². The minimum absolute atomic E-state index is 0.0160. The molecule has 4 aromatic heterocycles. The molecular formula is C51H57ClN10O6S2. The zero-order valence-corrected chi connectivity index (χ0v) is 42.6. The Hall–Kier alpha value is -6.34. The number of aliphatic hydroxyl groups is 1. The van der Waals surface area contributed by atoms with Gasteiger partial charge in [-0.2, -0.15) is 0 Å². The number of pyridine rings is 1. The number of aliphatic hydroxyl groups excluding tert-OH is 1. The normalized spacial score (nSPS) is 17.0. The summed E-state index contributed by atoms with van der Waals surface area (Å²) in [4.78, 5) is 72.0. The van der Waals surface area contributed by atoms with Gasteiger partial charge in [-0.15, -0.1) is 32.9 Å². The molecule has 0 saturated carbocycles. The summed E-state index contributed by atoms with van der Waals surface area (Å²) >= 11 is 9.47. The van der Waals surface area contributed by atoms with E-state index in [4.69, 9.17) is 21.3 Å². The number of ether oxygens (including phenoxy) is 1. The molecule has 19 heteroatoms. The second kappa shape index (κ2) is 21.3. The first-order chi connectivity index (χ1) is 33.4. The van der Waals surface area contributed by atoms with Crippen LogP contribution < -0.4 is 20.7 Å². The van der Waals surface area contributed by atoms with Gasteiger partial charge in [0.15, 0.2) is 5.82 Å². The predicted molar refractivity (Wildman–Crippen MR) is 271 cm³/mol. The molecule has 16 nitrogen and oxygen atoms in total. The summed E-state index contributed by atoms with van der Waals surface area (Å²) in [6.07, 6.45) is 1.31. The van der Waals surface area contributed by atoms with Gasteiger partial charge in [0, 0.05) is 59.2 Å². The standard InChI is InChI=1S/C51H57ClN10O6S2/c1-28-30(3)70-50-43(28)44(34-14-16-36(52)17-15-34)57-38(47-60-59-31(4)62(47)50)23-41(65)53-20-21-68-42-19-11-33(24-54-42)10-18-40(64)58-46(51(5,6)7)49(67)61-26-37(63)22-39(61)48(66)55-25-32-8-12-35(13-9-32)45-29(2)56-27-69-45/h8-9,11-17,19,24,27,37-39,46,63H,10,18,20-23,25-26H2,1-7H3,(H,53,65)(H,55,66)(H,58,64)/t37-,38+,39+,46-/m1/s1. The number of carbonyl (C=O) groups is 4. The lowest BCUT2D eigenvalue weighted by Gasteiger charge is -2.35. The van der Waals surface area contributed by atoms with Gasteiger partial charge in [0.25, 0.3) is 0 Å². The number of aliphatic imine (C=N–C) groups is 1. The Bertz CT molecular complexity index is 2910. The van der Waals surface area contributed by atoms with Crippen molar-refractivity contribution in [2.24, 2.45) is 10.4 Å². The molecule has 0 radical (unpaired) electrons. The molecule has 6 aromatic rings. The van der Waals surface area contributed by atoms with Gasteiger partial charge in [-0.05, 0) is 73.9 Å². The van der Waals surface area contributed by atoms with E-state index in [0.717, 1.165) is 59.5 Å². The van der Waals surface area contributed by atoms with Crippen LogP contribution in [0.5, 0.6) is 5.88 Å². The predicted octanol–water partition coefficient (Wildman–Crippen LogP) is 6.95. The molecule has 0 spiro atoms. The largest absolute Gasteiger partial charge is 0.476 e. The zero-order chi connectivity index (χ0) is 49.9. The molecular weight excluding hydrogens is 948 g/mol. The molecule has 4 amide bonds. The molecule has 2 aliphatic rings. The lowest BCUT2D eigenvalue weighted by molar-refractivity contribution is -0.144. The average molecular weight is 1010 g/mol. The smallest absolute Gasteiger partial charge is 0.246 e. The number of β-amino-alcohol motifs (C(OH)–C–C–N with tert-alkyl or cyclic N) is 1. The van der Waals surface area contributed by atoms with Crippen molar-refractivity contribution in [1.29, 1.82) is 0 Å². The van der Waals surface area contributed by atoms with Crippen molar-refractivity contribution in [2.45, 2.75) is 105 Å². The van der Waals surface area contributed by atoms with E-state index < -0.39 is 35.6 Å². The third-order valence-electron chi connectivity index (χ3n) is 12.6. The van der Waals surface area contributed by atoms with Gasteiger partial charge in [-0.25, -0.2) is 9.97 Å². The fourth-order valence-electron chi connectivity index (χ4n) is 8.64. The Labute approximate surface area is 420 Å². The van der Waals surface area contributed by atoms with Gasteiger partial charge < -0.3 is 30.7 Å². The van der Waals surface area contributed by atoms with Crippen LogP contribution in [0.1, 0.15) is 96.1 Å². The van der Waals surface area contributed by atoms with Gasteiger partial charge in [-0.1, -0.05) is 74.8 Å². The number of hydrogen-bond donors (Lipinski definition) is 4. The molecule has 8 rings (SSSR count). The minimum Gasteiger partial charge on any atom is -0.476 e. The number of thiophene rings is 1. The highest BCUT2D eigenvalue weighted by Gasteiger charge is 2.44. The van der Waals surface area contributed by atoms with Crippen molar-refractivity contribution in [2.75, 3.05) is 19.7 Å². The van der Waals surface area contributed by atoms with Crippen LogP contribution in [-0.2, 0) is 32.1 Å². The van der Waals surface area contributed by atoms with E-state index in [-0.39, 0.29) is 63.2 Å². The molecule has 2 aromatic carbocycles. The summed E-state index contributed by atoms with van der Waals surface area (Å²) in [5.74, 6) is 0.295. The number of rotatable bonds is 16. The Morgan fingerprint density at radius 2 is 1.64 bits per heavy atom. The highest BCUT2D eigenvalue weighted by atomic mass is 35.5. The highest BCUT2D eigenvalue weighted by molar-refractivity contribution is 7.15. The number of amides is 4. The zero-order valence-electron chi connectivity index (χ0n) is 40.2. The molecule has 2 aliphatic heterocycles. The number of aryl methyl sites for hydroxylation is 4. The SMILES string of the molecule is Cc1ncsc1-c1ccc(CNC(=O)[C@@H]2C[C@@H](O)CN2C(=O)[C@@H](NC(=O)CCc2ccc(OCCNC(=O)C[C@@H]3N=C(c4ccc(Cl)cc4)c4c(sc(C)c4C)-n4c(C)nnc43)nc2)C(C)(C)C)cc1. The Balaban J connectivity index is 0.809. The first kappa shape index (κ1) is 50.1. The van der Waals surface area contributed by atoms with Gasteiger partial charge >= 0.3 is 0 Å². The third kappa shape index (κ3) is 11.3. The first-order valence-corrected chi connectivity index (χ1v) is 25.3. The van der Waals surface area contributed by atoms with Crippen LogP contribution in [0.25, 0.3) is 15.4 Å². The number of carbonyl (C=O) groups excluding carboxylic acids is 4. The second-order valence-corrected chi connectivity index (χ2v) is 21.3. The minimum atomic E-state index is -0.948. The molecule has 70 heavy (non-hydrogen) atoms. The Morgan fingerprint density at radius 1 is 0.914 bits per heavy atom. The van der Waals surface area contributed by atoms with Gasteiger partial charge in [0.1, 0.15) is 35.6 Å². The van der Waals surface area contributed by atoms with Crippen molar-refractivity contribution < 1.29 is 29.0 Å². The van der Waals surface area contributed by atoms with Gasteiger partial charge in [0.05, 0.1) is 40.9 Å². The molecule has 0 bridgehead atoms. The lowest BCUT2D eigenvalue weighted by atomic mass is 9.85. The van der Waals surface area contributed by atoms with Crippen LogP contribution >= 0.6 is 34.3 Å². The molecule has 4 N–H and O–H groups in total. The number of halogens is 1. The summed E-state index contributed by atoms with van der Waals surface area (Å²) in [5, 5.41) is 29.9. The quantitative estimate of drug-likeness (QED) is 0.0734. The highest BCUT2D eigenvalue weighted by Crippen LogP contribution is 2.40. The van der Waals surface area contributed by atoms with E-state index in [1.54, 1.807) is 34.9 Å². The van der Waals surface area contributed by atoms with E-state index in [2.05, 4.69) is 50.0 Å². The molecule has 1 saturated heterocycles. The van der Waals surface area contributed by atoms with Crippen LogP contribution in [0.4, 0.5) is 0 Å². The van der Waals surface area contributed by atoms with Gasteiger partial charge in [-0.3, -0.25) is 28.7 Å². The maximum atomic E-state index is 14.1. The maximum Gasteiger partial charge on any atom is 0.246 e. The van der Waals surface area contributed by atoms with Crippen molar-refractivity contribution in [3.63, 3.8) is 0 Å². The molecule has 366 valence electrons. The summed E-state index contributed by atoms with van der Waals surface area (Å²) in [6, 6.07) is 16.5. The fraction of sp³-hybridized carbons (Fsp3) is 0.392. The molecule has 0 aliphatic carbocycles. The number of benzene rings is 2. The molecule has 1 fully saturated rings. The summed E-state index contributed by atoms with van der Waals surface area (Å²) in [6.45, 7) is 14.2. The van der Waals surface area contributed by atoms with Gasteiger partial charge in [0.2, 0.25) is 29.5 Å². The number of hydrogen-bond acceptors (Lipinski definition) is 13. The topological polar surface area (TPSA) is 206 Å². The average Bonchev–Trinajstić information content (AvgIpc) is 4.10. The van der Waals surface area contributed by atoms with E-state index in [9.17, 15) is 24.3 Å². The Morgan fingerprint density at radius 3 is 2.33 bits per heavy atom. The lowest BCUT2D eigenvalue weighted by Crippen LogP contribution is -2.57. The van der Waals surface area contributed by atoms with Crippen LogP contribution in [0, 0.1) is 33.1 Å². The van der Waals surface area contributed by atoms with Crippen LogP contribution in [0.3, 0.4) is 0 Å². The number of aromatic nitrogens is 5. The summed E-state index contributed by atoms with van der Waals surface area (Å²) < 4.78 is 7.85. The number of nitrogens with zero attached hydrogens (tertiary/aromatic N) is 7. The number of likely N-dealkylation sites (tertiary alicyclic amines) is 1. The van der Waals surface area contributed by atoms with Crippen LogP contribution in [0.2, 0.25) is 5.02 Å². The summed E-state index contributed by atoms with van der Waals surface area (Å²) in [5.41, 5.74) is 8.55. The van der Waals surface area contributed by atoms with Crippen LogP contribution in [0.15, 0.2) is 77.4 Å². The maximum absolute atomic E-state index is 14.1. The van der Waals surface area contributed by atoms with Crippen LogP contribution in [-0.4, -0.2) is 102 Å². The first-order valence-electron chi connectivity index (χ1n) is 23.2. The van der Waals surface area contributed by atoms with Crippen molar-refractivity contribution >= 4 is 63.6 Å². The van der Waals surface area contributed by atoms with E-state index in [0.29, 0.717) is 29.0 Å². The number of nitrogens with one attached hydrogen (secondary N) is 3. The molecule has 4 atom stereocenters. The second-order valence-electron chi connectivity index (χ2n) is 18.8. The number of fused-ring (bicyclic) bond motifs is 3. The van der Waals surface area contributed by atoms with Crippen molar-refractivity contribution in [3.05, 3.63) is 127 Å². The summed E-state index contributed by atoms with van der Waals surface area (Å²) in [7, 11) is 0. The molecule has 0 unspecified atom stereocenters. The third-order valence-corrected chi connectivity index (χ3v) is 15.0. The monoisotopic (exact) mass is 1000 g/mol. The fourth-order valence-corrected chi connectivity index (χ4v) is 10.8.